The Balaban J connectivity index is 1.60. The summed E-state index contributed by atoms with van der Waals surface area (Å²) in [7, 11) is -7.66. The van der Waals surface area contributed by atoms with Crippen molar-refractivity contribution >= 4 is 48.7 Å². The smallest absolute Gasteiger partial charge is 0.206 e. The van der Waals surface area contributed by atoms with E-state index in [1.54, 1.807) is 36.4 Å². The molecule has 0 aliphatic heterocycles. The van der Waals surface area contributed by atoms with Gasteiger partial charge in [-0.25, -0.2) is 16.8 Å². The number of rotatable bonds is 8. The second kappa shape index (κ2) is 11.0. The molecule has 5 nitrogen and oxygen atoms in total. The van der Waals surface area contributed by atoms with Crippen molar-refractivity contribution in [3.8, 4) is 0 Å². The van der Waals surface area contributed by atoms with Crippen LogP contribution in [0.4, 0.5) is 0 Å². The minimum atomic E-state index is -3.83. The molecule has 4 aromatic carbocycles. The second-order valence-electron chi connectivity index (χ2n) is 8.91. The van der Waals surface area contributed by atoms with E-state index in [9.17, 15) is 21.6 Å². The highest BCUT2D eigenvalue weighted by molar-refractivity contribution is 7.91. The number of benzene rings is 4. The standard InChI is InChI=1S/C29H24Cl2O5S2/c1-19-9-13-23(14-10-19)37(33,34)25-7-3-5-21(17-25)27(30)29(32)28(31)22-6-4-8-26(18-22)38(35,36)24-15-11-20(2)12-16-24/h3-18,27-28H,1-2H3. The van der Waals surface area contributed by atoms with E-state index in [4.69, 9.17) is 23.2 Å². The minimum Gasteiger partial charge on any atom is -0.296 e. The van der Waals surface area contributed by atoms with Gasteiger partial charge in [-0.3, -0.25) is 4.79 Å². The molecule has 0 aromatic heterocycles. The first-order chi connectivity index (χ1) is 17.9. The highest BCUT2D eigenvalue weighted by Crippen LogP contribution is 2.35. The van der Waals surface area contributed by atoms with Crippen molar-refractivity contribution in [3.05, 3.63) is 119 Å². The Hall–Kier alpha value is -2.97. The molecule has 38 heavy (non-hydrogen) atoms. The molecule has 0 heterocycles. The summed E-state index contributed by atoms with van der Waals surface area (Å²) in [6.07, 6.45) is 0. The van der Waals surface area contributed by atoms with E-state index in [0.717, 1.165) is 11.1 Å². The van der Waals surface area contributed by atoms with Gasteiger partial charge in [0.15, 0.2) is 5.78 Å². The van der Waals surface area contributed by atoms with Crippen molar-refractivity contribution in [2.75, 3.05) is 0 Å². The van der Waals surface area contributed by atoms with Gasteiger partial charge >= 0.3 is 0 Å². The second-order valence-corrected chi connectivity index (χ2v) is 13.7. The molecule has 196 valence electrons. The molecule has 0 N–H and O–H groups in total. The molecule has 0 spiro atoms. The van der Waals surface area contributed by atoms with E-state index in [1.165, 1.54) is 60.7 Å². The molecular formula is C29H24Cl2O5S2. The Labute approximate surface area is 232 Å². The van der Waals surface area contributed by atoms with Crippen LogP contribution in [0.2, 0.25) is 0 Å². The number of Topliss-reactive ketones (excluding diaryl/α,β-unsaturated/α-hetero) is 1. The largest absolute Gasteiger partial charge is 0.296 e. The lowest BCUT2D eigenvalue weighted by molar-refractivity contribution is -0.118. The first-order valence-electron chi connectivity index (χ1n) is 11.6. The normalized spacial score (nSPS) is 13.6. The number of carbonyl (C=O) groups is 1. The molecule has 0 fully saturated rings. The fourth-order valence-electron chi connectivity index (χ4n) is 3.84. The van der Waals surface area contributed by atoms with Crippen molar-refractivity contribution < 1.29 is 21.6 Å². The number of alkyl halides is 2. The van der Waals surface area contributed by atoms with Crippen LogP contribution in [0.1, 0.15) is 33.0 Å². The van der Waals surface area contributed by atoms with E-state index in [2.05, 4.69) is 0 Å². The van der Waals surface area contributed by atoms with Crippen LogP contribution in [0, 0.1) is 13.8 Å². The minimum absolute atomic E-state index is 0.00499. The molecule has 0 aliphatic rings. The third-order valence-corrected chi connectivity index (χ3v) is 10.6. The van der Waals surface area contributed by atoms with Gasteiger partial charge in [0.05, 0.1) is 19.6 Å². The summed E-state index contributed by atoms with van der Waals surface area (Å²) in [5.74, 6) is -0.608. The highest BCUT2D eigenvalue weighted by atomic mass is 35.5. The van der Waals surface area contributed by atoms with Crippen molar-refractivity contribution in [1.82, 2.24) is 0 Å². The maximum atomic E-state index is 13.2. The third kappa shape index (κ3) is 5.71. The molecular weight excluding hydrogens is 563 g/mol. The van der Waals surface area contributed by atoms with Crippen molar-refractivity contribution in [1.29, 1.82) is 0 Å². The Morgan fingerprint density at radius 1 is 0.553 bits per heavy atom. The van der Waals surface area contributed by atoms with Crippen LogP contribution in [0.15, 0.2) is 117 Å². The SMILES string of the molecule is Cc1ccc(S(=O)(=O)c2cccc(C(Cl)C(=O)C(Cl)c3cccc(S(=O)(=O)c4ccc(C)cc4)c3)c2)cc1. The maximum Gasteiger partial charge on any atom is 0.206 e. The molecule has 0 amide bonds. The Bertz CT molecular complexity index is 1570. The predicted molar refractivity (Wildman–Crippen MR) is 148 cm³/mol. The van der Waals surface area contributed by atoms with Crippen LogP contribution in [0.5, 0.6) is 0 Å². The summed E-state index contributed by atoms with van der Waals surface area (Å²) >= 11 is 13.0. The van der Waals surface area contributed by atoms with Gasteiger partial charge in [-0.1, -0.05) is 59.7 Å². The molecule has 2 unspecified atom stereocenters. The average Bonchev–Trinajstić information content (AvgIpc) is 2.92. The summed E-state index contributed by atoms with van der Waals surface area (Å²) in [4.78, 5) is 13.5. The molecule has 4 rings (SSSR count). The number of sulfone groups is 2. The topological polar surface area (TPSA) is 85.3 Å². The summed E-state index contributed by atoms with van der Waals surface area (Å²) in [6.45, 7) is 3.72. The number of hydrogen-bond donors (Lipinski definition) is 0. The van der Waals surface area contributed by atoms with Crippen molar-refractivity contribution in [2.45, 2.75) is 44.2 Å². The van der Waals surface area contributed by atoms with Gasteiger partial charge in [0.1, 0.15) is 10.8 Å². The molecule has 0 saturated heterocycles. The molecule has 2 atom stereocenters. The summed E-state index contributed by atoms with van der Waals surface area (Å²) < 4.78 is 52.4. The molecule has 0 saturated carbocycles. The Morgan fingerprint density at radius 2 is 0.895 bits per heavy atom. The summed E-state index contributed by atoms with van der Waals surface area (Å²) in [6, 6.07) is 24.6. The maximum absolute atomic E-state index is 13.2. The van der Waals surface area contributed by atoms with Crippen molar-refractivity contribution in [2.24, 2.45) is 0 Å². The fourth-order valence-corrected chi connectivity index (χ4v) is 7.06. The predicted octanol–water partition coefficient (Wildman–Crippen LogP) is 6.80. The van der Waals surface area contributed by atoms with Gasteiger partial charge in [0.25, 0.3) is 0 Å². The van der Waals surface area contributed by atoms with Crippen LogP contribution in [0.3, 0.4) is 0 Å². The number of halogens is 2. The number of carbonyl (C=O) groups excluding carboxylic acids is 1. The van der Waals surface area contributed by atoms with Crippen LogP contribution < -0.4 is 0 Å². The van der Waals surface area contributed by atoms with Crippen LogP contribution >= 0.6 is 23.2 Å². The van der Waals surface area contributed by atoms with Crippen LogP contribution in [-0.4, -0.2) is 22.6 Å². The number of ketones is 1. The third-order valence-electron chi connectivity index (χ3n) is 6.08. The van der Waals surface area contributed by atoms with Gasteiger partial charge in [-0.05, 0) is 73.5 Å². The van der Waals surface area contributed by atoms with Gasteiger partial charge in [0, 0.05) is 0 Å². The summed E-state index contributed by atoms with van der Waals surface area (Å²) in [5.41, 5.74) is 2.37. The van der Waals surface area contributed by atoms with E-state index >= 15 is 0 Å². The quantitative estimate of drug-likeness (QED) is 0.212. The van der Waals surface area contributed by atoms with E-state index in [1.807, 2.05) is 13.8 Å². The van der Waals surface area contributed by atoms with Gasteiger partial charge in [0.2, 0.25) is 19.7 Å². The summed E-state index contributed by atoms with van der Waals surface area (Å²) in [5, 5.41) is -2.52. The fraction of sp³-hybridized carbons (Fsp3) is 0.138. The van der Waals surface area contributed by atoms with Crippen LogP contribution in [0.25, 0.3) is 0 Å². The van der Waals surface area contributed by atoms with E-state index in [0.29, 0.717) is 0 Å². The molecule has 0 radical (unpaired) electrons. The molecule has 0 bridgehead atoms. The highest BCUT2D eigenvalue weighted by Gasteiger charge is 2.29. The first-order valence-corrected chi connectivity index (χ1v) is 15.4. The molecule has 0 aliphatic carbocycles. The van der Waals surface area contributed by atoms with E-state index in [-0.39, 0.29) is 30.7 Å². The van der Waals surface area contributed by atoms with E-state index < -0.39 is 36.2 Å². The Morgan fingerprint density at radius 3 is 1.24 bits per heavy atom. The monoisotopic (exact) mass is 586 g/mol. The molecule has 4 aromatic rings. The zero-order chi connectivity index (χ0) is 27.7. The molecule has 9 heteroatoms. The Kier molecular flexibility index (Phi) is 8.14. The average molecular weight is 588 g/mol. The van der Waals surface area contributed by atoms with Gasteiger partial charge in [-0.2, -0.15) is 0 Å². The van der Waals surface area contributed by atoms with Crippen molar-refractivity contribution in [3.63, 3.8) is 0 Å². The zero-order valence-electron chi connectivity index (χ0n) is 20.5. The first kappa shape index (κ1) is 28.0. The van der Waals surface area contributed by atoms with Gasteiger partial charge in [-0.15, -0.1) is 23.2 Å². The lowest BCUT2D eigenvalue weighted by Gasteiger charge is -2.16. The zero-order valence-corrected chi connectivity index (χ0v) is 23.7. The van der Waals surface area contributed by atoms with Gasteiger partial charge < -0.3 is 0 Å². The van der Waals surface area contributed by atoms with Crippen LogP contribution in [-0.2, 0) is 24.5 Å². The number of hydrogen-bond acceptors (Lipinski definition) is 5. The number of aryl methyl sites for hydroxylation is 2. The lowest BCUT2D eigenvalue weighted by Crippen LogP contribution is -2.14. The lowest BCUT2D eigenvalue weighted by atomic mass is 10.0.